The van der Waals surface area contributed by atoms with Crippen LogP contribution in [-0.4, -0.2) is 43.5 Å². The Bertz CT molecular complexity index is 408. The van der Waals surface area contributed by atoms with E-state index in [-0.39, 0.29) is 29.6 Å². The average Bonchev–Trinajstić information content (AvgIpc) is 1.42. The molecule has 0 aliphatic carbocycles. The van der Waals surface area contributed by atoms with Crippen molar-refractivity contribution >= 4 is 31.2 Å². The molecule has 0 aromatic heterocycles. The summed E-state index contributed by atoms with van der Waals surface area (Å²) in [6.07, 6.45) is 0. The molecule has 0 radical (unpaired) electrons. The van der Waals surface area contributed by atoms with Crippen LogP contribution in [0.4, 0.5) is 0 Å². The number of hydrogen-bond donors (Lipinski definition) is 3. The maximum Gasteiger partial charge on any atom is 1.00 e. The van der Waals surface area contributed by atoms with Crippen LogP contribution < -0.4 is 29.6 Å². The Morgan fingerprint density at radius 1 is 0.800 bits per heavy atom. The Hall–Kier alpha value is 0.650. The summed E-state index contributed by atoms with van der Waals surface area (Å²) in [5.41, 5.74) is 0. The van der Waals surface area contributed by atoms with Gasteiger partial charge in [-0.05, 0) is 0 Å². The fourth-order valence-corrected chi connectivity index (χ4v) is 0.978. The van der Waals surface area contributed by atoms with Crippen LogP contribution in [0.1, 0.15) is 0 Å². The maximum absolute atomic E-state index is 9.44. The van der Waals surface area contributed by atoms with E-state index in [1.54, 1.807) is 0 Å². The van der Waals surface area contributed by atoms with Crippen molar-refractivity contribution in [3.8, 4) is 0 Å². The quantitative estimate of drug-likeness (QED) is 0.250. The van der Waals surface area contributed by atoms with E-state index < -0.39 is 31.2 Å². The molecular formula is H3NaO11S3. The van der Waals surface area contributed by atoms with Crippen LogP contribution in [0, 0.1) is 0 Å². The fraction of sp³-hybridized carbons (Fsp3) is 0. The molecule has 0 saturated carbocycles. The molecule has 11 nitrogen and oxygen atoms in total. The van der Waals surface area contributed by atoms with Gasteiger partial charge < -0.3 is 4.55 Å². The van der Waals surface area contributed by atoms with Crippen molar-refractivity contribution in [3.05, 3.63) is 0 Å². The topological polar surface area (TPSA) is 195 Å². The van der Waals surface area contributed by atoms with Crippen LogP contribution in [0.2, 0.25) is 0 Å². The molecule has 0 fully saturated rings. The van der Waals surface area contributed by atoms with Gasteiger partial charge in [0.1, 0.15) is 0 Å². The normalized spacial score (nSPS) is 12.0. The average molecular weight is 298 g/mol. The third-order valence-electron chi connectivity index (χ3n) is 0.172. The second-order valence-corrected chi connectivity index (χ2v) is 4.46. The Labute approximate surface area is 107 Å². The van der Waals surface area contributed by atoms with Crippen molar-refractivity contribution in [1.82, 2.24) is 0 Å². The van der Waals surface area contributed by atoms with E-state index in [4.69, 9.17) is 26.6 Å². The van der Waals surface area contributed by atoms with E-state index in [0.717, 1.165) is 0 Å². The standard InChI is InChI=1S/Na.H2O7S2.H2O4S/c;1-8(2,3)7-9(4,5)6;1-5(2,3)4/h;(H,1,2,3)(H,4,5,6);(H2,1,2,3,4)/q+1;;/p-1. The molecule has 0 aliphatic rings. The van der Waals surface area contributed by atoms with Gasteiger partial charge in [0.25, 0.3) is 0 Å². The zero-order valence-electron chi connectivity index (χ0n) is 6.83. The Morgan fingerprint density at radius 3 is 0.933 bits per heavy atom. The summed E-state index contributed by atoms with van der Waals surface area (Å²) in [5.74, 6) is 0. The molecule has 0 rings (SSSR count). The van der Waals surface area contributed by atoms with Gasteiger partial charge in [0.05, 0.1) is 0 Å². The molecule has 0 bridgehead atoms. The smallest absolute Gasteiger partial charge is 0.726 e. The zero-order chi connectivity index (χ0) is 12.2. The predicted molar refractivity (Wildman–Crippen MR) is 36.5 cm³/mol. The minimum Gasteiger partial charge on any atom is -0.726 e. The first-order valence-corrected chi connectivity index (χ1v) is 6.14. The van der Waals surface area contributed by atoms with Crippen molar-refractivity contribution in [2.75, 3.05) is 0 Å². The predicted octanol–water partition coefficient (Wildman–Crippen LogP) is -5.38. The van der Waals surface area contributed by atoms with Crippen LogP contribution in [0.25, 0.3) is 0 Å². The molecule has 0 spiro atoms. The summed E-state index contributed by atoms with van der Waals surface area (Å²) in [7, 11) is -15.2. The van der Waals surface area contributed by atoms with Gasteiger partial charge in [0, 0.05) is 0 Å². The second-order valence-electron chi connectivity index (χ2n) is 1.35. The summed E-state index contributed by atoms with van der Waals surface area (Å²) in [6.45, 7) is 0. The summed E-state index contributed by atoms with van der Waals surface area (Å²) < 4.78 is 88.4. The van der Waals surface area contributed by atoms with E-state index in [1.165, 1.54) is 0 Å². The fourth-order valence-electron chi connectivity index (χ4n) is 0.109. The van der Waals surface area contributed by atoms with Gasteiger partial charge in [0.2, 0.25) is 10.4 Å². The largest absolute Gasteiger partial charge is 1.00 e. The van der Waals surface area contributed by atoms with E-state index in [9.17, 15) is 16.8 Å². The third-order valence-corrected chi connectivity index (χ3v) is 1.55. The van der Waals surface area contributed by atoms with Gasteiger partial charge in [-0.25, -0.2) is 8.42 Å². The first-order chi connectivity index (χ1) is 5.71. The molecule has 0 saturated heterocycles. The first kappa shape index (κ1) is 21.0. The van der Waals surface area contributed by atoms with Crippen LogP contribution >= 0.6 is 0 Å². The summed E-state index contributed by atoms with van der Waals surface area (Å²) >= 11 is 0. The van der Waals surface area contributed by atoms with Gasteiger partial charge in [-0.3, -0.25) is 13.7 Å². The third kappa shape index (κ3) is 53.0. The molecule has 0 amide bonds. The van der Waals surface area contributed by atoms with Crippen LogP contribution in [0.15, 0.2) is 0 Å². The Balaban J connectivity index is -0.000000208. The molecule has 15 heteroatoms. The summed E-state index contributed by atoms with van der Waals surface area (Å²) in [6, 6.07) is 0. The van der Waals surface area contributed by atoms with E-state index in [1.807, 2.05) is 0 Å². The molecule has 88 valence electrons. The van der Waals surface area contributed by atoms with Crippen molar-refractivity contribution in [1.29, 1.82) is 0 Å². The minimum atomic E-state index is -5.12. The molecule has 0 aromatic rings. The Kier molecular flexibility index (Phi) is 9.89. The van der Waals surface area contributed by atoms with Crippen molar-refractivity contribution in [3.63, 3.8) is 0 Å². The molecule has 0 atom stereocenters. The molecule has 3 N–H and O–H groups in total. The summed E-state index contributed by atoms with van der Waals surface area (Å²) in [5, 5.41) is 0. The molecule has 0 aliphatic heterocycles. The molecule has 0 heterocycles. The van der Waals surface area contributed by atoms with E-state index in [0.29, 0.717) is 0 Å². The van der Waals surface area contributed by atoms with Crippen LogP contribution in [0.5, 0.6) is 0 Å². The van der Waals surface area contributed by atoms with Gasteiger partial charge in [-0.15, -0.1) is 3.63 Å². The molecule has 0 unspecified atom stereocenters. The Morgan fingerprint density at radius 2 is 0.933 bits per heavy atom. The van der Waals surface area contributed by atoms with Crippen molar-refractivity contribution in [2.45, 2.75) is 0 Å². The number of rotatable bonds is 2. The van der Waals surface area contributed by atoms with Gasteiger partial charge >= 0.3 is 50.4 Å². The zero-order valence-corrected chi connectivity index (χ0v) is 11.3. The van der Waals surface area contributed by atoms with Crippen LogP contribution in [-0.2, 0) is 34.8 Å². The minimum absolute atomic E-state index is 0. The van der Waals surface area contributed by atoms with Gasteiger partial charge in [0.15, 0.2) is 0 Å². The van der Waals surface area contributed by atoms with E-state index >= 15 is 0 Å². The molecular weight excluding hydrogens is 295 g/mol. The van der Waals surface area contributed by atoms with Crippen LogP contribution in [0.3, 0.4) is 0 Å². The second kappa shape index (κ2) is 7.07. The number of hydrogen-bond acceptors (Lipinski definition) is 8. The first-order valence-electron chi connectivity index (χ1n) is 2.05. The van der Waals surface area contributed by atoms with E-state index in [2.05, 4.69) is 3.63 Å². The molecule has 15 heavy (non-hydrogen) atoms. The maximum atomic E-state index is 9.44. The van der Waals surface area contributed by atoms with Crippen molar-refractivity contribution in [2.24, 2.45) is 0 Å². The van der Waals surface area contributed by atoms with Gasteiger partial charge in [-0.1, -0.05) is 0 Å². The van der Waals surface area contributed by atoms with Crippen molar-refractivity contribution < 1.29 is 76.7 Å². The molecule has 0 aromatic carbocycles. The summed E-state index contributed by atoms with van der Waals surface area (Å²) in [4.78, 5) is 0. The monoisotopic (exact) mass is 298 g/mol. The SMILES string of the molecule is O=S(=O)(O)OS(=O)(=O)O.O=S(=O)([O-])O.[Na+]. The van der Waals surface area contributed by atoms with Gasteiger partial charge in [-0.2, -0.15) is 16.8 Å².